The second-order valence-electron chi connectivity index (χ2n) is 5.52. The van der Waals surface area contributed by atoms with Crippen LogP contribution in [-0.4, -0.2) is 23.6 Å². The van der Waals surface area contributed by atoms with Crippen molar-refractivity contribution in [3.63, 3.8) is 0 Å². The topological polar surface area (TPSA) is 40.7 Å². The zero-order valence-electron chi connectivity index (χ0n) is 10.6. The average Bonchev–Trinajstić information content (AvgIpc) is 2.59. The number of hydrogen-bond donors (Lipinski definition) is 2. The van der Waals surface area contributed by atoms with Crippen molar-refractivity contribution in [1.82, 2.24) is 15.3 Å². The summed E-state index contributed by atoms with van der Waals surface area (Å²) in [5.74, 6) is 1.89. The van der Waals surface area contributed by atoms with Crippen LogP contribution in [0.1, 0.15) is 44.6 Å². The Labute approximate surface area is 98.1 Å². The summed E-state index contributed by atoms with van der Waals surface area (Å²) in [4.78, 5) is 8.11. The molecule has 1 heterocycles. The molecule has 0 unspecified atom stereocenters. The zero-order chi connectivity index (χ0) is 11.6. The molecule has 16 heavy (non-hydrogen) atoms. The second-order valence-corrected chi connectivity index (χ2v) is 5.52. The fourth-order valence-electron chi connectivity index (χ4n) is 2.61. The maximum Gasteiger partial charge on any atom is 0.113 e. The minimum Gasteiger partial charge on any atom is -0.345 e. The van der Waals surface area contributed by atoms with Crippen molar-refractivity contribution < 1.29 is 0 Å². The smallest absolute Gasteiger partial charge is 0.113 e. The third-order valence-electron chi connectivity index (χ3n) is 3.58. The Hall–Kier alpha value is -0.830. The van der Waals surface area contributed by atoms with Gasteiger partial charge in [-0.25, -0.2) is 4.98 Å². The fourth-order valence-corrected chi connectivity index (χ4v) is 2.61. The van der Waals surface area contributed by atoms with Gasteiger partial charge in [-0.3, -0.25) is 0 Å². The number of likely N-dealkylation sites (N-methyl/N-ethyl adjacent to an activating group) is 1. The Balaban J connectivity index is 2.10. The number of hydrogen-bond acceptors (Lipinski definition) is 2. The Kier molecular flexibility index (Phi) is 3.33. The molecular formula is C13H23N3. The highest BCUT2D eigenvalue weighted by Gasteiger charge is 2.40. The molecule has 1 aromatic heterocycles. The summed E-state index contributed by atoms with van der Waals surface area (Å²) in [6, 6.07) is 0. The summed E-state index contributed by atoms with van der Waals surface area (Å²) >= 11 is 0. The highest BCUT2D eigenvalue weighted by Crippen LogP contribution is 2.41. The minimum atomic E-state index is 0.296. The first-order valence-corrected chi connectivity index (χ1v) is 6.35. The van der Waals surface area contributed by atoms with Gasteiger partial charge < -0.3 is 10.3 Å². The van der Waals surface area contributed by atoms with Gasteiger partial charge in [-0.15, -0.1) is 0 Å². The van der Waals surface area contributed by atoms with Crippen LogP contribution < -0.4 is 5.32 Å². The zero-order valence-corrected chi connectivity index (χ0v) is 10.6. The summed E-state index contributed by atoms with van der Waals surface area (Å²) < 4.78 is 0. The van der Waals surface area contributed by atoms with Gasteiger partial charge in [0.25, 0.3) is 0 Å². The number of imidazole rings is 1. The molecule has 0 bridgehead atoms. The molecule has 0 saturated heterocycles. The van der Waals surface area contributed by atoms with Crippen LogP contribution in [0.3, 0.4) is 0 Å². The Morgan fingerprint density at radius 3 is 2.75 bits per heavy atom. The summed E-state index contributed by atoms with van der Waals surface area (Å²) in [6.45, 7) is 5.53. The van der Waals surface area contributed by atoms with Gasteiger partial charge in [0.15, 0.2) is 0 Å². The molecule has 3 heteroatoms. The molecule has 0 atom stereocenters. The Morgan fingerprint density at radius 1 is 1.50 bits per heavy atom. The quantitative estimate of drug-likeness (QED) is 0.800. The lowest BCUT2D eigenvalue weighted by Crippen LogP contribution is -2.43. The predicted octanol–water partition coefficient (Wildman–Crippen LogP) is 2.25. The molecule has 2 rings (SSSR count). The fraction of sp³-hybridized carbons (Fsp3) is 0.769. The van der Waals surface area contributed by atoms with Crippen LogP contribution in [0.4, 0.5) is 0 Å². The van der Waals surface area contributed by atoms with Crippen molar-refractivity contribution in [2.45, 2.75) is 44.9 Å². The van der Waals surface area contributed by atoms with Gasteiger partial charge in [0, 0.05) is 23.9 Å². The first-order chi connectivity index (χ1) is 7.66. The summed E-state index contributed by atoms with van der Waals surface area (Å²) in [6.07, 6.45) is 6.99. The Bertz CT molecular complexity index is 337. The van der Waals surface area contributed by atoms with Gasteiger partial charge in [-0.1, -0.05) is 20.3 Å². The molecule has 1 aromatic rings. The van der Waals surface area contributed by atoms with Crippen LogP contribution in [0, 0.1) is 5.92 Å². The second kappa shape index (κ2) is 4.58. The highest BCUT2D eigenvalue weighted by molar-refractivity contribution is 5.17. The lowest BCUT2D eigenvalue weighted by Gasteiger charge is -2.40. The molecule has 2 N–H and O–H groups in total. The van der Waals surface area contributed by atoms with E-state index in [0.29, 0.717) is 11.3 Å². The molecule has 0 radical (unpaired) electrons. The number of H-pyrrole nitrogens is 1. The highest BCUT2D eigenvalue weighted by atomic mass is 15.0. The molecule has 0 spiro atoms. The lowest BCUT2D eigenvalue weighted by molar-refractivity contribution is 0.226. The number of nitrogens with one attached hydrogen (secondary N) is 2. The number of nitrogens with zero attached hydrogens (tertiary/aromatic N) is 1. The van der Waals surface area contributed by atoms with Crippen molar-refractivity contribution in [3.8, 4) is 0 Å². The van der Waals surface area contributed by atoms with Crippen molar-refractivity contribution in [3.05, 3.63) is 17.7 Å². The number of aromatic amines is 1. The first kappa shape index (κ1) is 11.6. The van der Waals surface area contributed by atoms with Gasteiger partial charge in [0.05, 0.1) is 0 Å². The van der Waals surface area contributed by atoms with Crippen LogP contribution in [0.5, 0.6) is 0 Å². The molecule has 90 valence electrons. The maximum atomic E-state index is 4.59. The third-order valence-corrected chi connectivity index (χ3v) is 3.58. The van der Waals surface area contributed by atoms with Gasteiger partial charge in [-0.2, -0.15) is 0 Å². The monoisotopic (exact) mass is 221 g/mol. The van der Waals surface area contributed by atoms with Crippen LogP contribution >= 0.6 is 0 Å². The molecule has 1 saturated carbocycles. The van der Waals surface area contributed by atoms with Crippen molar-refractivity contribution in [1.29, 1.82) is 0 Å². The van der Waals surface area contributed by atoms with Gasteiger partial charge >= 0.3 is 0 Å². The molecule has 3 nitrogen and oxygen atoms in total. The van der Waals surface area contributed by atoms with Crippen molar-refractivity contribution >= 4 is 0 Å². The van der Waals surface area contributed by atoms with Gasteiger partial charge in [0.1, 0.15) is 5.82 Å². The van der Waals surface area contributed by atoms with Crippen molar-refractivity contribution in [2.75, 3.05) is 13.6 Å². The van der Waals surface area contributed by atoms with Crippen LogP contribution in [-0.2, 0) is 11.8 Å². The van der Waals surface area contributed by atoms with E-state index in [1.54, 1.807) is 0 Å². The van der Waals surface area contributed by atoms with E-state index in [-0.39, 0.29) is 0 Å². The van der Waals surface area contributed by atoms with Crippen LogP contribution in [0.25, 0.3) is 0 Å². The van der Waals surface area contributed by atoms with E-state index >= 15 is 0 Å². The van der Waals surface area contributed by atoms with E-state index in [9.17, 15) is 0 Å². The summed E-state index contributed by atoms with van der Waals surface area (Å²) in [5, 5.41) is 3.30. The van der Waals surface area contributed by atoms with E-state index in [1.165, 1.54) is 30.8 Å². The SMILES string of the molecule is CNCC1(c2ncc(CC(C)C)[nH]2)CCC1. The third kappa shape index (κ3) is 2.14. The largest absolute Gasteiger partial charge is 0.345 e. The molecule has 0 aromatic carbocycles. The molecule has 0 aliphatic heterocycles. The van der Waals surface area contributed by atoms with E-state index < -0.39 is 0 Å². The summed E-state index contributed by atoms with van der Waals surface area (Å²) in [5.41, 5.74) is 1.58. The summed E-state index contributed by atoms with van der Waals surface area (Å²) in [7, 11) is 2.03. The normalized spacial score (nSPS) is 18.8. The van der Waals surface area contributed by atoms with Crippen LogP contribution in [0.2, 0.25) is 0 Å². The molecule has 0 amide bonds. The lowest BCUT2D eigenvalue weighted by atomic mass is 9.68. The van der Waals surface area contributed by atoms with E-state index in [2.05, 4.69) is 29.1 Å². The van der Waals surface area contributed by atoms with Crippen molar-refractivity contribution in [2.24, 2.45) is 5.92 Å². The molecular weight excluding hydrogens is 198 g/mol. The number of rotatable bonds is 5. The minimum absolute atomic E-state index is 0.296. The first-order valence-electron chi connectivity index (χ1n) is 6.35. The van der Waals surface area contributed by atoms with E-state index in [1.807, 2.05) is 13.2 Å². The Morgan fingerprint density at radius 2 is 2.25 bits per heavy atom. The predicted molar refractivity (Wildman–Crippen MR) is 66.6 cm³/mol. The maximum absolute atomic E-state index is 4.59. The number of aromatic nitrogens is 2. The average molecular weight is 221 g/mol. The van der Waals surface area contributed by atoms with Gasteiger partial charge in [0.2, 0.25) is 0 Å². The van der Waals surface area contributed by atoms with Crippen LogP contribution in [0.15, 0.2) is 6.20 Å². The molecule has 1 aliphatic rings. The van der Waals surface area contributed by atoms with E-state index in [4.69, 9.17) is 0 Å². The molecule has 1 fully saturated rings. The molecule has 1 aliphatic carbocycles. The van der Waals surface area contributed by atoms with Gasteiger partial charge in [-0.05, 0) is 32.2 Å². The standard InChI is InChI=1S/C13H23N3/c1-10(2)7-11-8-15-12(16-11)13(9-14-3)5-4-6-13/h8,10,14H,4-7,9H2,1-3H3,(H,15,16). The van der Waals surface area contributed by atoms with E-state index in [0.717, 1.165) is 13.0 Å².